The van der Waals surface area contributed by atoms with E-state index in [1.807, 2.05) is 0 Å². The van der Waals surface area contributed by atoms with E-state index in [1.54, 1.807) is 0 Å². The van der Waals surface area contributed by atoms with Crippen LogP contribution in [0.15, 0.2) is 0 Å². The van der Waals surface area contributed by atoms with E-state index in [-0.39, 0.29) is 0 Å². The lowest BCUT2D eigenvalue weighted by molar-refractivity contribution is 0.128. The molecule has 1 unspecified atom stereocenters. The minimum Gasteiger partial charge on any atom is -0.395 e. The Morgan fingerprint density at radius 2 is 2.33 bits per heavy atom. The van der Waals surface area contributed by atoms with Crippen LogP contribution in [-0.2, 0) is 0 Å². The van der Waals surface area contributed by atoms with Gasteiger partial charge in [-0.15, -0.1) is 0 Å². The molecule has 0 amide bonds. The number of likely N-dealkylation sites (tertiary alicyclic amines) is 1. The molecule has 0 aromatic heterocycles. The van der Waals surface area contributed by atoms with Gasteiger partial charge in [0.1, 0.15) is 0 Å². The molecular formula is C9H17NOS. The van der Waals surface area contributed by atoms with E-state index in [4.69, 9.17) is 5.11 Å². The third kappa shape index (κ3) is 1.63. The van der Waals surface area contributed by atoms with Crippen molar-refractivity contribution in [2.24, 2.45) is 0 Å². The van der Waals surface area contributed by atoms with Crippen molar-refractivity contribution in [1.82, 2.24) is 4.90 Å². The van der Waals surface area contributed by atoms with E-state index in [0.717, 1.165) is 6.04 Å². The third-order valence-electron chi connectivity index (χ3n) is 3.01. The van der Waals surface area contributed by atoms with Gasteiger partial charge in [0.05, 0.1) is 6.61 Å². The molecule has 70 valence electrons. The van der Waals surface area contributed by atoms with E-state index < -0.39 is 0 Å². The summed E-state index contributed by atoms with van der Waals surface area (Å²) in [5.41, 5.74) is 0. The number of hydrogen-bond donors (Lipinski definition) is 1. The highest BCUT2D eigenvalue weighted by Crippen LogP contribution is 2.28. The zero-order chi connectivity index (χ0) is 8.39. The molecule has 2 fully saturated rings. The predicted octanol–water partition coefficient (Wildman–Crippen LogP) is 0.949. The van der Waals surface area contributed by atoms with Crippen molar-refractivity contribution in [3.63, 3.8) is 0 Å². The van der Waals surface area contributed by atoms with Crippen LogP contribution in [0.4, 0.5) is 0 Å². The molecule has 2 aliphatic heterocycles. The summed E-state index contributed by atoms with van der Waals surface area (Å²) in [5, 5.41) is 9.15. The number of aliphatic hydroxyl groups is 1. The Bertz CT molecular complexity index is 147. The first kappa shape index (κ1) is 8.85. The molecule has 2 atom stereocenters. The lowest BCUT2D eigenvalue weighted by atomic mass is 10.2. The van der Waals surface area contributed by atoms with Gasteiger partial charge in [0, 0.05) is 17.8 Å². The Balaban J connectivity index is 1.92. The molecule has 2 saturated heterocycles. The molecule has 0 spiro atoms. The van der Waals surface area contributed by atoms with Crippen molar-refractivity contribution in [3.05, 3.63) is 0 Å². The minimum absolute atomic E-state index is 0.362. The Kier molecular flexibility index (Phi) is 2.94. The Morgan fingerprint density at radius 3 is 3.00 bits per heavy atom. The summed E-state index contributed by atoms with van der Waals surface area (Å²) in [4.78, 5) is 2.53. The first-order valence-electron chi connectivity index (χ1n) is 4.86. The fourth-order valence-electron chi connectivity index (χ4n) is 2.32. The molecule has 0 aliphatic carbocycles. The van der Waals surface area contributed by atoms with E-state index in [2.05, 4.69) is 16.7 Å². The maximum Gasteiger partial charge on any atom is 0.0586 e. The van der Waals surface area contributed by atoms with Crippen LogP contribution >= 0.6 is 11.8 Å². The van der Waals surface area contributed by atoms with Gasteiger partial charge in [-0.2, -0.15) is 11.8 Å². The van der Waals surface area contributed by atoms with Crippen LogP contribution in [0.5, 0.6) is 0 Å². The number of rotatable bonds is 2. The van der Waals surface area contributed by atoms with Gasteiger partial charge in [-0.1, -0.05) is 0 Å². The lowest BCUT2D eigenvalue weighted by Gasteiger charge is -2.28. The van der Waals surface area contributed by atoms with Crippen LogP contribution in [0.25, 0.3) is 0 Å². The molecule has 2 heterocycles. The number of aliphatic hydroxyl groups excluding tert-OH is 1. The molecule has 0 bridgehead atoms. The second-order valence-corrected chi connectivity index (χ2v) is 4.88. The summed E-state index contributed by atoms with van der Waals surface area (Å²) in [6, 6.07) is 1.25. The van der Waals surface area contributed by atoms with Gasteiger partial charge >= 0.3 is 0 Å². The Morgan fingerprint density at radius 1 is 1.42 bits per heavy atom. The number of nitrogens with zero attached hydrogens (tertiary/aromatic N) is 1. The molecule has 0 aromatic carbocycles. The summed E-state index contributed by atoms with van der Waals surface area (Å²) >= 11 is 2.06. The lowest BCUT2D eigenvalue weighted by Crippen LogP contribution is -2.40. The van der Waals surface area contributed by atoms with Gasteiger partial charge in [-0.25, -0.2) is 0 Å². The molecule has 2 aliphatic rings. The first-order valence-corrected chi connectivity index (χ1v) is 6.01. The molecule has 2 rings (SSSR count). The zero-order valence-corrected chi connectivity index (χ0v) is 8.22. The van der Waals surface area contributed by atoms with Crippen molar-refractivity contribution >= 4 is 11.8 Å². The van der Waals surface area contributed by atoms with Gasteiger partial charge < -0.3 is 5.11 Å². The first-order chi connectivity index (χ1) is 5.92. The van der Waals surface area contributed by atoms with Gasteiger partial charge in [0.15, 0.2) is 0 Å². The van der Waals surface area contributed by atoms with E-state index in [0.29, 0.717) is 12.6 Å². The second kappa shape index (κ2) is 3.99. The standard InChI is InChI=1S/C9H17NOS/c11-6-8-2-1-4-10(8)9-3-5-12-7-9/h8-9,11H,1-7H2/t8-,9?/m0/s1. The van der Waals surface area contributed by atoms with Crippen LogP contribution in [0, 0.1) is 0 Å². The van der Waals surface area contributed by atoms with Gasteiger partial charge in [0.25, 0.3) is 0 Å². The molecule has 3 heteroatoms. The van der Waals surface area contributed by atoms with E-state index >= 15 is 0 Å². The average Bonchev–Trinajstić information content (AvgIpc) is 2.74. The Hall–Kier alpha value is 0.270. The van der Waals surface area contributed by atoms with Crippen molar-refractivity contribution in [2.75, 3.05) is 24.7 Å². The second-order valence-electron chi connectivity index (χ2n) is 3.73. The molecular weight excluding hydrogens is 170 g/mol. The quantitative estimate of drug-likeness (QED) is 0.696. The van der Waals surface area contributed by atoms with Crippen LogP contribution in [0.3, 0.4) is 0 Å². The molecule has 0 aromatic rings. The van der Waals surface area contributed by atoms with Crippen molar-refractivity contribution in [1.29, 1.82) is 0 Å². The fraction of sp³-hybridized carbons (Fsp3) is 1.00. The summed E-state index contributed by atoms with van der Waals surface area (Å²) < 4.78 is 0. The minimum atomic E-state index is 0.362. The summed E-state index contributed by atoms with van der Waals surface area (Å²) in [5.74, 6) is 2.61. The highest BCUT2D eigenvalue weighted by molar-refractivity contribution is 7.99. The molecule has 2 nitrogen and oxygen atoms in total. The topological polar surface area (TPSA) is 23.5 Å². The van der Waals surface area contributed by atoms with Crippen LogP contribution < -0.4 is 0 Å². The van der Waals surface area contributed by atoms with Crippen LogP contribution in [0.1, 0.15) is 19.3 Å². The summed E-state index contributed by atoms with van der Waals surface area (Å²) in [6.07, 6.45) is 3.82. The van der Waals surface area contributed by atoms with Crippen LogP contribution in [-0.4, -0.2) is 46.7 Å². The fourth-order valence-corrected chi connectivity index (χ4v) is 3.55. The summed E-state index contributed by atoms with van der Waals surface area (Å²) in [7, 11) is 0. The van der Waals surface area contributed by atoms with Crippen molar-refractivity contribution < 1.29 is 5.11 Å². The number of thioether (sulfide) groups is 1. The van der Waals surface area contributed by atoms with Gasteiger partial charge in [-0.05, 0) is 31.6 Å². The predicted molar refractivity (Wildman–Crippen MR) is 52.5 cm³/mol. The third-order valence-corrected chi connectivity index (χ3v) is 4.15. The maximum absolute atomic E-state index is 9.15. The van der Waals surface area contributed by atoms with Crippen molar-refractivity contribution in [3.8, 4) is 0 Å². The zero-order valence-electron chi connectivity index (χ0n) is 7.41. The molecule has 0 radical (unpaired) electrons. The monoisotopic (exact) mass is 187 g/mol. The van der Waals surface area contributed by atoms with E-state index in [9.17, 15) is 0 Å². The van der Waals surface area contributed by atoms with Crippen LogP contribution in [0.2, 0.25) is 0 Å². The molecule has 0 saturated carbocycles. The smallest absolute Gasteiger partial charge is 0.0586 e. The molecule has 1 N–H and O–H groups in total. The molecule has 12 heavy (non-hydrogen) atoms. The highest BCUT2D eigenvalue weighted by atomic mass is 32.2. The average molecular weight is 187 g/mol. The maximum atomic E-state index is 9.15. The van der Waals surface area contributed by atoms with E-state index in [1.165, 1.54) is 37.3 Å². The van der Waals surface area contributed by atoms with Crippen molar-refractivity contribution in [2.45, 2.75) is 31.3 Å². The SMILES string of the molecule is OC[C@@H]1CCCN1C1CCSC1. The highest BCUT2D eigenvalue weighted by Gasteiger charge is 2.31. The van der Waals surface area contributed by atoms with Gasteiger partial charge in [0.2, 0.25) is 0 Å². The number of hydrogen-bond acceptors (Lipinski definition) is 3. The Labute approximate surface area is 78.3 Å². The van der Waals surface area contributed by atoms with Gasteiger partial charge in [-0.3, -0.25) is 4.90 Å². The normalized spacial score (nSPS) is 37.8. The largest absolute Gasteiger partial charge is 0.395 e. The summed E-state index contributed by atoms with van der Waals surface area (Å²) in [6.45, 7) is 1.58.